The lowest BCUT2D eigenvalue weighted by Gasteiger charge is -2.33. The third-order valence-corrected chi connectivity index (χ3v) is 5.74. The van der Waals surface area contributed by atoms with Gasteiger partial charge < -0.3 is 5.32 Å². The zero-order valence-electron chi connectivity index (χ0n) is 16.2. The van der Waals surface area contributed by atoms with Crippen molar-refractivity contribution in [2.24, 2.45) is 0 Å². The van der Waals surface area contributed by atoms with Gasteiger partial charge in [-0.05, 0) is 44.4 Å². The van der Waals surface area contributed by atoms with Crippen molar-refractivity contribution in [1.29, 1.82) is 0 Å². The molecule has 6 nitrogen and oxygen atoms in total. The number of nitrogens with zero attached hydrogens (tertiary/aromatic N) is 4. The number of fused-ring (bicyclic) bond motifs is 1. The van der Waals surface area contributed by atoms with Gasteiger partial charge in [0.15, 0.2) is 0 Å². The molecule has 2 aromatic heterocycles. The molecule has 0 saturated heterocycles. The normalized spacial score (nSPS) is 18.7. The van der Waals surface area contributed by atoms with Crippen molar-refractivity contribution in [2.45, 2.75) is 71.1 Å². The molecule has 1 amide bonds. The molecule has 1 aliphatic carbocycles. The minimum atomic E-state index is -0.147. The maximum atomic E-state index is 12.3. The van der Waals surface area contributed by atoms with Crippen LogP contribution < -0.4 is 5.32 Å². The van der Waals surface area contributed by atoms with E-state index in [4.69, 9.17) is 5.10 Å². The molecule has 0 aromatic carbocycles. The molecule has 0 spiro atoms. The van der Waals surface area contributed by atoms with Gasteiger partial charge in [-0.1, -0.05) is 25.3 Å². The molecule has 3 heterocycles. The van der Waals surface area contributed by atoms with Gasteiger partial charge in [-0.3, -0.25) is 14.4 Å². The van der Waals surface area contributed by atoms with Crippen molar-refractivity contribution in [3.05, 3.63) is 47.0 Å². The van der Waals surface area contributed by atoms with Crippen LogP contribution in [0.25, 0.3) is 0 Å². The van der Waals surface area contributed by atoms with Crippen LogP contribution in [0.15, 0.2) is 24.3 Å². The topological polar surface area (TPSA) is 63.1 Å². The second kappa shape index (κ2) is 8.21. The first-order valence-corrected chi connectivity index (χ1v) is 10.2. The Kier molecular flexibility index (Phi) is 5.53. The predicted octanol–water partition coefficient (Wildman–Crippen LogP) is 3.05. The van der Waals surface area contributed by atoms with E-state index in [2.05, 4.69) is 25.9 Å². The van der Waals surface area contributed by atoms with E-state index in [0.29, 0.717) is 12.2 Å². The van der Waals surface area contributed by atoms with E-state index in [1.165, 1.54) is 44.3 Å². The summed E-state index contributed by atoms with van der Waals surface area (Å²) in [7, 11) is 0. The Morgan fingerprint density at radius 2 is 2.04 bits per heavy atom. The van der Waals surface area contributed by atoms with Crippen molar-refractivity contribution in [3.8, 4) is 0 Å². The van der Waals surface area contributed by atoms with E-state index in [0.717, 1.165) is 36.9 Å². The van der Waals surface area contributed by atoms with E-state index >= 15 is 0 Å². The third-order valence-electron chi connectivity index (χ3n) is 5.74. The predicted molar refractivity (Wildman–Crippen MR) is 104 cm³/mol. The van der Waals surface area contributed by atoms with Gasteiger partial charge in [0.25, 0.3) is 5.91 Å². The average molecular weight is 367 g/mol. The molecule has 2 aliphatic rings. The van der Waals surface area contributed by atoms with Crippen LogP contribution in [0.1, 0.15) is 66.1 Å². The second-order valence-corrected chi connectivity index (χ2v) is 7.81. The van der Waals surface area contributed by atoms with Gasteiger partial charge in [0.2, 0.25) is 0 Å². The van der Waals surface area contributed by atoms with Crippen molar-refractivity contribution in [1.82, 2.24) is 25.0 Å². The van der Waals surface area contributed by atoms with Crippen LogP contribution in [0.2, 0.25) is 0 Å². The quantitative estimate of drug-likeness (QED) is 0.902. The number of amides is 1. The number of pyridine rings is 1. The van der Waals surface area contributed by atoms with Crippen LogP contribution in [0.4, 0.5) is 0 Å². The van der Waals surface area contributed by atoms with Gasteiger partial charge in [0.05, 0.1) is 17.9 Å². The first-order chi connectivity index (χ1) is 13.2. The number of aryl methyl sites for hydroxylation is 2. The molecule has 1 N–H and O–H groups in total. The monoisotopic (exact) mass is 367 g/mol. The minimum Gasteiger partial charge on any atom is -0.345 e. The Bertz CT molecular complexity index is 794. The largest absolute Gasteiger partial charge is 0.345 e. The lowest BCUT2D eigenvalue weighted by atomic mass is 9.94. The second-order valence-electron chi connectivity index (χ2n) is 7.81. The third kappa shape index (κ3) is 4.38. The maximum Gasteiger partial charge on any atom is 0.270 e. The molecule has 2 aromatic rings. The van der Waals surface area contributed by atoms with Crippen LogP contribution in [0, 0.1) is 6.92 Å². The lowest BCUT2D eigenvalue weighted by Crippen LogP contribution is -2.36. The van der Waals surface area contributed by atoms with E-state index in [1.807, 2.05) is 19.1 Å². The van der Waals surface area contributed by atoms with E-state index in [9.17, 15) is 4.79 Å². The van der Waals surface area contributed by atoms with Gasteiger partial charge in [-0.15, -0.1) is 0 Å². The Hall–Kier alpha value is -2.21. The molecular weight excluding hydrogens is 338 g/mol. The summed E-state index contributed by atoms with van der Waals surface area (Å²) in [6, 6.07) is 8.38. The average Bonchev–Trinajstić information content (AvgIpc) is 2.97. The number of rotatable bonds is 4. The van der Waals surface area contributed by atoms with Gasteiger partial charge in [-0.2, -0.15) is 5.10 Å². The molecular formula is C21H29N5O. The maximum absolute atomic E-state index is 12.3. The van der Waals surface area contributed by atoms with Crippen LogP contribution in [0.3, 0.4) is 0 Å². The Labute approximate surface area is 161 Å². The molecule has 0 radical (unpaired) electrons. The summed E-state index contributed by atoms with van der Waals surface area (Å²) in [6.45, 7) is 5.44. The number of hydrogen-bond donors (Lipinski definition) is 1. The number of carbonyl (C=O) groups excluding carboxylic acids is 1. The summed E-state index contributed by atoms with van der Waals surface area (Å²) in [5.41, 5.74) is 3.51. The number of hydrogen-bond acceptors (Lipinski definition) is 4. The summed E-state index contributed by atoms with van der Waals surface area (Å²) in [5.74, 6) is -0.147. The van der Waals surface area contributed by atoms with E-state index in [1.54, 1.807) is 6.07 Å². The molecule has 1 fully saturated rings. The Balaban J connectivity index is 1.39. The highest BCUT2D eigenvalue weighted by Gasteiger charge is 2.24. The molecule has 1 saturated carbocycles. The lowest BCUT2D eigenvalue weighted by molar-refractivity contribution is 0.0945. The number of carbonyl (C=O) groups is 1. The fourth-order valence-electron chi connectivity index (χ4n) is 4.32. The molecule has 0 atom stereocenters. The van der Waals surface area contributed by atoms with Gasteiger partial charge in [-0.25, -0.2) is 4.98 Å². The van der Waals surface area contributed by atoms with E-state index in [-0.39, 0.29) is 5.91 Å². The Morgan fingerprint density at radius 1 is 1.19 bits per heavy atom. The molecule has 4 rings (SSSR count). The number of nitrogens with one attached hydrogen (secondary N) is 1. The fourth-order valence-corrected chi connectivity index (χ4v) is 4.32. The molecule has 0 bridgehead atoms. The Morgan fingerprint density at radius 3 is 2.85 bits per heavy atom. The van der Waals surface area contributed by atoms with Gasteiger partial charge in [0.1, 0.15) is 5.69 Å². The molecule has 144 valence electrons. The highest BCUT2D eigenvalue weighted by Crippen LogP contribution is 2.26. The fraction of sp³-hybridized carbons (Fsp3) is 0.571. The summed E-state index contributed by atoms with van der Waals surface area (Å²) in [5, 5.41) is 7.68. The van der Waals surface area contributed by atoms with Crippen molar-refractivity contribution >= 4 is 5.91 Å². The van der Waals surface area contributed by atoms with Crippen molar-refractivity contribution in [2.75, 3.05) is 6.54 Å². The minimum absolute atomic E-state index is 0.147. The smallest absolute Gasteiger partial charge is 0.270 e. The number of aromatic nitrogens is 3. The van der Waals surface area contributed by atoms with Crippen molar-refractivity contribution in [3.63, 3.8) is 0 Å². The summed E-state index contributed by atoms with van der Waals surface area (Å²) in [4.78, 5) is 19.2. The highest BCUT2D eigenvalue weighted by atomic mass is 16.1. The van der Waals surface area contributed by atoms with Gasteiger partial charge in [0, 0.05) is 31.4 Å². The van der Waals surface area contributed by atoms with Crippen LogP contribution in [0.5, 0.6) is 0 Å². The molecule has 6 heteroatoms. The zero-order valence-corrected chi connectivity index (χ0v) is 16.2. The highest BCUT2D eigenvalue weighted by molar-refractivity contribution is 5.92. The van der Waals surface area contributed by atoms with E-state index < -0.39 is 0 Å². The SMILES string of the molecule is Cc1cccc(C(=O)NCc2cc3n(n2)CCCN(C2CCCCC2)C3)n1. The van der Waals surface area contributed by atoms with Crippen molar-refractivity contribution < 1.29 is 4.79 Å². The van der Waals surface area contributed by atoms with Gasteiger partial charge >= 0.3 is 0 Å². The molecule has 1 aliphatic heterocycles. The summed E-state index contributed by atoms with van der Waals surface area (Å²) in [6.07, 6.45) is 7.93. The first kappa shape index (κ1) is 18.2. The molecule has 0 unspecified atom stereocenters. The van der Waals surface area contributed by atoms with Crippen LogP contribution in [-0.2, 0) is 19.6 Å². The summed E-state index contributed by atoms with van der Waals surface area (Å²) >= 11 is 0. The summed E-state index contributed by atoms with van der Waals surface area (Å²) < 4.78 is 2.13. The molecule has 27 heavy (non-hydrogen) atoms. The van der Waals surface area contributed by atoms with Crippen LogP contribution in [-0.4, -0.2) is 38.2 Å². The van der Waals surface area contributed by atoms with Crippen LogP contribution >= 0.6 is 0 Å². The zero-order chi connectivity index (χ0) is 18.6. The first-order valence-electron chi connectivity index (χ1n) is 10.2. The standard InChI is InChI=1S/C21H29N5O/c1-16-7-5-10-20(23-16)21(27)22-14-17-13-19-15-25(11-6-12-26(19)24-17)18-8-3-2-4-9-18/h5,7,10,13,18H,2-4,6,8-9,11-12,14-15H2,1H3,(H,22,27).